The van der Waals surface area contributed by atoms with Crippen LogP contribution in [0.3, 0.4) is 0 Å². The molecule has 0 aliphatic rings. The van der Waals surface area contributed by atoms with Crippen molar-refractivity contribution in [3.8, 4) is 5.75 Å². The molecule has 0 spiro atoms. The van der Waals surface area contributed by atoms with Crippen molar-refractivity contribution < 1.29 is 15.3 Å². The molecule has 0 saturated carbocycles. The largest absolute Gasteiger partial charge is 0.508 e. The molecule has 0 radical (unpaired) electrons. The summed E-state index contributed by atoms with van der Waals surface area (Å²) in [7, 11) is 0. The van der Waals surface area contributed by atoms with Crippen LogP contribution in [0.25, 0.3) is 16.5 Å². The second-order valence-electron chi connectivity index (χ2n) is 6.70. The van der Waals surface area contributed by atoms with Crippen LogP contribution in [0.4, 0.5) is 0 Å². The summed E-state index contributed by atoms with van der Waals surface area (Å²) < 4.78 is 0. The van der Waals surface area contributed by atoms with Crippen molar-refractivity contribution in [3.05, 3.63) is 47.7 Å². The van der Waals surface area contributed by atoms with Crippen molar-refractivity contribution in [2.75, 3.05) is 0 Å². The van der Waals surface area contributed by atoms with Crippen LogP contribution in [0.2, 0.25) is 0 Å². The van der Waals surface area contributed by atoms with Gasteiger partial charge in [-0.25, -0.2) is 0 Å². The zero-order valence-electron chi connectivity index (χ0n) is 15.2. The van der Waals surface area contributed by atoms with E-state index in [0.29, 0.717) is 11.8 Å². The van der Waals surface area contributed by atoms with E-state index in [9.17, 15) is 15.3 Å². The molecule has 0 unspecified atom stereocenters. The lowest BCUT2D eigenvalue weighted by atomic mass is 10.0. The monoisotopic (exact) mass is 342 g/mol. The van der Waals surface area contributed by atoms with Crippen molar-refractivity contribution in [2.24, 2.45) is 0 Å². The van der Waals surface area contributed by atoms with Crippen LogP contribution < -0.4 is 0 Å². The molecule has 0 aromatic heterocycles. The number of phenols is 1. The fraction of sp³-hybridized carbons (Fsp3) is 0.455. The minimum atomic E-state index is -0.216. The van der Waals surface area contributed by atoms with E-state index in [1.165, 1.54) is 38.5 Å². The van der Waals surface area contributed by atoms with Crippen LogP contribution >= 0.6 is 0 Å². The highest BCUT2D eigenvalue weighted by atomic mass is 16.3. The summed E-state index contributed by atoms with van der Waals surface area (Å²) in [4.78, 5) is 0. The molecule has 25 heavy (non-hydrogen) atoms. The lowest BCUT2D eigenvalue weighted by Crippen LogP contribution is -1.93. The van der Waals surface area contributed by atoms with Crippen LogP contribution in [0.1, 0.15) is 70.3 Å². The van der Waals surface area contributed by atoms with Gasteiger partial charge in [-0.3, -0.25) is 0 Å². The van der Waals surface area contributed by atoms with Crippen LogP contribution in [-0.2, 0) is 0 Å². The Morgan fingerprint density at radius 2 is 1.44 bits per heavy atom. The first-order valence-corrected chi connectivity index (χ1v) is 9.47. The van der Waals surface area contributed by atoms with Crippen LogP contribution in [0, 0.1) is 0 Å². The number of rotatable bonds is 10. The van der Waals surface area contributed by atoms with E-state index in [-0.39, 0.29) is 22.8 Å². The first kappa shape index (κ1) is 19.2. The number of phenolic OH excluding ortho intramolecular Hbond substituents is 1. The quantitative estimate of drug-likeness (QED) is 0.326. The lowest BCUT2D eigenvalue weighted by Gasteiger charge is -2.10. The molecule has 2 rings (SSSR count). The lowest BCUT2D eigenvalue weighted by molar-refractivity contribution is 0.353. The van der Waals surface area contributed by atoms with Gasteiger partial charge in [0, 0.05) is 11.8 Å². The molecule has 0 aliphatic carbocycles. The number of hydrogen-bond acceptors (Lipinski definition) is 3. The predicted molar refractivity (Wildman–Crippen MR) is 105 cm³/mol. The number of aliphatic hydroxyl groups is 2. The normalized spacial score (nSPS) is 12.4. The zero-order chi connectivity index (χ0) is 18.1. The molecule has 3 N–H and O–H groups in total. The summed E-state index contributed by atoms with van der Waals surface area (Å²) in [6, 6.07) is 10.9. The maximum atomic E-state index is 10.4. The fourth-order valence-corrected chi connectivity index (χ4v) is 3.15. The highest BCUT2D eigenvalue weighted by Crippen LogP contribution is 2.33. The maximum absolute atomic E-state index is 10.4. The summed E-state index contributed by atoms with van der Waals surface area (Å²) >= 11 is 0. The molecular weight excluding hydrogens is 312 g/mol. The first-order chi connectivity index (χ1) is 12.1. The second-order valence-corrected chi connectivity index (χ2v) is 6.70. The Bertz CT molecular complexity index is 703. The number of unbranched alkanes of at least 4 members (excludes halogenated alkanes) is 7. The van der Waals surface area contributed by atoms with Gasteiger partial charge in [-0.15, -0.1) is 0 Å². The smallest absolute Gasteiger partial charge is 0.164 e. The van der Waals surface area contributed by atoms with Gasteiger partial charge in [0.1, 0.15) is 11.5 Å². The Kier molecular flexibility index (Phi) is 7.65. The van der Waals surface area contributed by atoms with Crippen LogP contribution in [0.15, 0.2) is 42.2 Å². The van der Waals surface area contributed by atoms with Crippen LogP contribution in [-0.4, -0.2) is 15.3 Å². The van der Waals surface area contributed by atoms with Gasteiger partial charge in [-0.05, 0) is 17.9 Å². The third-order valence-corrected chi connectivity index (χ3v) is 4.70. The SMILES string of the molecule is CCCCCCCCCCC(O)=C(O)c1ccc2ccccc2c1O. The molecule has 0 atom stereocenters. The predicted octanol–water partition coefficient (Wildman–Crippen LogP) is 6.86. The van der Waals surface area contributed by atoms with E-state index in [2.05, 4.69) is 6.92 Å². The molecule has 0 amide bonds. The first-order valence-electron chi connectivity index (χ1n) is 9.47. The third kappa shape index (κ3) is 5.42. The van der Waals surface area contributed by atoms with Crippen LogP contribution in [0.5, 0.6) is 5.75 Å². The molecule has 0 bridgehead atoms. The van der Waals surface area contributed by atoms with Gasteiger partial charge >= 0.3 is 0 Å². The van der Waals surface area contributed by atoms with Gasteiger partial charge in [-0.2, -0.15) is 0 Å². The summed E-state index contributed by atoms with van der Waals surface area (Å²) in [5.74, 6) is -0.249. The second kappa shape index (κ2) is 9.97. The third-order valence-electron chi connectivity index (χ3n) is 4.70. The Labute approximate surface area is 150 Å². The van der Waals surface area contributed by atoms with Crippen molar-refractivity contribution in [1.82, 2.24) is 0 Å². The van der Waals surface area contributed by atoms with E-state index < -0.39 is 0 Å². The van der Waals surface area contributed by atoms with Crippen molar-refractivity contribution >= 4 is 16.5 Å². The number of allylic oxidation sites excluding steroid dienone is 1. The Balaban J connectivity index is 1.90. The summed E-state index contributed by atoms with van der Waals surface area (Å²) in [5.41, 5.74) is 0.288. The van der Waals surface area contributed by atoms with E-state index in [0.717, 1.165) is 18.2 Å². The standard InChI is InChI=1S/C22H30O3/c1-2-3-4-5-6-7-8-9-14-20(23)22(25)19-16-15-17-12-10-11-13-18(17)21(19)24/h10-13,15-16,23-25H,2-9,14H2,1H3. The summed E-state index contributed by atoms with van der Waals surface area (Å²) in [5, 5.41) is 32.4. The molecular formula is C22H30O3. The topological polar surface area (TPSA) is 60.7 Å². The highest BCUT2D eigenvalue weighted by molar-refractivity contribution is 5.92. The average molecular weight is 342 g/mol. The number of fused-ring (bicyclic) bond motifs is 1. The number of aromatic hydroxyl groups is 1. The highest BCUT2D eigenvalue weighted by Gasteiger charge is 2.13. The molecule has 0 saturated heterocycles. The Morgan fingerprint density at radius 3 is 2.16 bits per heavy atom. The van der Waals surface area contributed by atoms with Gasteiger partial charge in [0.2, 0.25) is 0 Å². The molecule has 0 aliphatic heterocycles. The van der Waals surface area contributed by atoms with Gasteiger partial charge < -0.3 is 15.3 Å². The zero-order valence-corrected chi connectivity index (χ0v) is 15.2. The molecule has 2 aromatic carbocycles. The molecule has 3 nitrogen and oxygen atoms in total. The van der Waals surface area contributed by atoms with E-state index in [4.69, 9.17) is 0 Å². The van der Waals surface area contributed by atoms with Gasteiger partial charge in [0.15, 0.2) is 5.76 Å². The van der Waals surface area contributed by atoms with Gasteiger partial charge in [-0.1, -0.05) is 82.2 Å². The molecule has 3 heteroatoms. The minimum Gasteiger partial charge on any atom is -0.508 e. The van der Waals surface area contributed by atoms with E-state index in [1.54, 1.807) is 12.1 Å². The van der Waals surface area contributed by atoms with Crippen molar-refractivity contribution in [3.63, 3.8) is 0 Å². The molecule has 0 fully saturated rings. The van der Waals surface area contributed by atoms with E-state index >= 15 is 0 Å². The van der Waals surface area contributed by atoms with Gasteiger partial charge in [0.25, 0.3) is 0 Å². The number of benzene rings is 2. The van der Waals surface area contributed by atoms with Gasteiger partial charge in [0.05, 0.1) is 5.56 Å². The summed E-state index contributed by atoms with van der Waals surface area (Å²) in [6.45, 7) is 2.22. The molecule has 136 valence electrons. The maximum Gasteiger partial charge on any atom is 0.164 e. The molecule has 2 aromatic rings. The van der Waals surface area contributed by atoms with Crippen molar-refractivity contribution in [1.29, 1.82) is 0 Å². The summed E-state index contributed by atoms with van der Waals surface area (Å²) in [6.07, 6.45) is 9.90. The van der Waals surface area contributed by atoms with Crippen molar-refractivity contribution in [2.45, 2.75) is 64.7 Å². The number of hydrogen-bond donors (Lipinski definition) is 3. The van der Waals surface area contributed by atoms with E-state index in [1.807, 2.05) is 24.3 Å². The number of aliphatic hydroxyl groups excluding tert-OH is 2. The Hall–Kier alpha value is -2.16. The fourth-order valence-electron chi connectivity index (χ4n) is 3.15. The Morgan fingerprint density at radius 1 is 0.800 bits per heavy atom. The molecule has 0 heterocycles. The average Bonchev–Trinajstić information content (AvgIpc) is 2.63. The minimum absolute atomic E-state index is 0.0121.